The first-order valence-electron chi connectivity index (χ1n) is 6.31. The van der Waals surface area contributed by atoms with Gasteiger partial charge in [-0.05, 0) is 33.1 Å². The summed E-state index contributed by atoms with van der Waals surface area (Å²) in [4.78, 5) is 12.0. The van der Waals surface area contributed by atoms with Crippen LogP contribution in [0.1, 0.15) is 54.9 Å². The zero-order valence-corrected chi connectivity index (χ0v) is 12.0. The van der Waals surface area contributed by atoms with Gasteiger partial charge in [0.2, 0.25) is 0 Å². The Morgan fingerprint density at radius 3 is 1.94 bits per heavy atom. The van der Waals surface area contributed by atoms with E-state index in [4.69, 9.17) is 4.74 Å². The van der Waals surface area contributed by atoms with Crippen molar-refractivity contribution < 1.29 is 9.53 Å². The Morgan fingerprint density at radius 1 is 1.12 bits per heavy atom. The fourth-order valence-corrected chi connectivity index (χ4v) is 1.66. The average molecular weight is 228 g/mol. The molecule has 0 radical (unpaired) electrons. The van der Waals surface area contributed by atoms with Gasteiger partial charge in [-0.15, -0.1) is 0 Å². The summed E-state index contributed by atoms with van der Waals surface area (Å²) in [6.45, 7) is 14.9. The van der Waals surface area contributed by atoms with Crippen molar-refractivity contribution in [3.63, 3.8) is 0 Å². The van der Waals surface area contributed by atoms with Gasteiger partial charge in [-0.1, -0.05) is 27.7 Å². The first-order chi connectivity index (χ1) is 7.13. The van der Waals surface area contributed by atoms with Gasteiger partial charge in [-0.2, -0.15) is 0 Å². The number of ether oxygens (including phenoxy) is 1. The van der Waals surface area contributed by atoms with Gasteiger partial charge in [0.1, 0.15) is 5.78 Å². The molecule has 0 unspecified atom stereocenters. The lowest BCUT2D eigenvalue weighted by atomic mass is 9.88. The lowest BCUT2D eigenvalue weighted by Crippen LogP contribution is -2.30. The number of carbonyl (C=O) groups is 1. The number of rotatable bonds is 6. The van der Waals surface area contributed by atoms with Gasteiger partial charge >= 0.3 is 0 Å². The van der Waals surface area contributed by atoms with Crippen LogP contribution in [-0.2, 0) is 9.53 Å². The minimum absolute atomic E-state index is 0.0548. The maximum Gasteiger partial charge on any atom is 0.140 e. The van der Waals surface area contributed by atoms with Crippen molar-refractivity contribution in [1.82, 2.24) is 0 Å². The third-order valence-electron chi connectivity index (χ3n) is 2.44. The molecule has 0 rings (SSSR count). The molecule has 0 saturated heterocycles. The number of Topliss-reactive ketones (excluding diaryl/α,β-unsaturated/α-hetero) is 1. The molecule has 0 heterocycles. The van der Waals surface area contributed by atoms with Gasteiger partial charge in [0.25, 0.3) is 0 Å². The summed E-state index contributed by atoms with van der Waals surface area (Å²) in [7, 11) is 0. The van der Waals surface area contributed by atoms with E-state index in [1.54, 1.807) is 0 Å². The van der Waals surface area contributed by atoms with E-state index in [1.807, 2.05) is 34.6 Å². The molecule has 0 aromatic heterocycles. The fraction of sp³-hybridized carbons (Fsp3) is 0.929. The Bertz CT molecular complexity index is 211. The molecule has 0 amide bonds. The minimum Gasteiger partial charge on any atom is -0.375 e. The summed E-state index contributed by atoms with van der Waals surface area (Å²) in [5.74, 6) is 1.03. The molecule has 0 aliphatic carbocycles. The van der Waals surface area contributed by atoms with Gasteiger partial charge < -0.3 is 4.74 Å². The molecular weight excluding hydrogens is 200 g/mol. The molecule has 16 heavy (non-hydrogen) atoms. The van der Waals surface area contributed by atoms with Crippen LogP contribution >= 0.6 is 0 Å². The molecule has 0 aromatic carbocycles. The molecule has 0 spiro atoms. The van der Waals surface area contributed by atoms with Crippen LogP contribution in [0.5, 0.6) is 0 Å². The van der Waals surface area contributed by atoms with Crippen molar-refractivity contribution in [2.24, 2.45) is 17.8 Å². The molecule has 96 valence electrons. The van der Waals surface area contributed by atoms with Crippen LogP contribution in [0.2, 0.25) is 0 Å². The van der Waals surface area contributed by atoms with E-state index < -0.39 is 0 Å². The van der Waals surface area contributed by atoms with Crippen LogP contribution < -0.4 is 0 Å². The quantitative estimate of drug-likeness (QED) is 0.693. The maximum absolute atomic E-state index is 12.0. The molecule has 0 aromatic rings. The lowest BCUT2D eigenvalue weighted by molar-refractivity contribution is -0.130. The minimum atomic E-state index is -0.160. The Hall–Kier alpha value is -0.370. The maximum atomic E-state index is 12.0. The number of ketones is 1. The van der Waals surface area contributed by atoms with Gasteiger partial charge in [-0.3, -0.25) is 4.79 Å². The van der Waals surface area contributed by atoms with Crippen molar-refractivity contribution >= 4 is 5.78 Å². The zero-order chi connectivity index (χ0) is 12.9. The summed E-state index contributed by atoms with van der Waals surface area (Å²) in [6, 6.07) is 0. The van der Waals surface area contributed by atoms with Crippen LogP contribution in [0.3, 0.4) is 0 Å². The first kappa shape index (κ1) is 15.6. The summed E-state index contributed by atoms with van der Waals surface area (Å²) in [5.41, 5.74) is -0.160. The molecule has 0 aliphatic rings. The second kappa shape index (κ2) is 6.39. The highest BCUT2D eigenvalue weighted by molar-refractivity contribution is 5.82. The molecule has 2 nitrogen and oxygen atoms in total. The van der Waals surface area contributed by atoms with E-state index in [0.717, 1.165) is 6.42 Å². The third kappa shape index (κ3) is 7.00. The SMILES string of the molecule is CC(C)C[C@H](COC(C)(C)C)C(=O)C(C)C. The highest BCUT2D eigenvalue weighted by Crippen LogP contribution is 2.19. The molecule has 0 saturated carbocycles. The van der Waals surface area contributed by atoms with Crippen LogP contribution in [0, 0.1) is 17.8 Å². The number of hydrogen-bond donors (Lipinski definition) is 0. The van der Waals surface area contributed by atoms with Crippen molar-refractivity contribution in [2.75, 3.05) is 6.61 Å². The van der Waals surface area contributed by atoms with Gasteiger partial charge in [0, 0.05) is 11.8 Å². The summed E-state index contributed by atoms with van der Waals surface area (Å²) in [5, 5.41) is 0. The molecule has 1 atom stereocenters. The smallest absolute Gasteiger partial charge is 0.140 e. The third-order valence-corrected chi connectivity index (χ3v) is 2.44. The Labute approximate surface area is 101 Å². The summed E-state index contributed by atoms with van der Waals surface area (Å²) in [6.07, 6.45) is 0.924. The van der Waals surface area contributed by atoms with Gasteiger partial charge in [0.15, 0.2) is 0 Å². The topological polar surface area (TPSA) is 26.3 Å². The Morgan fingerprint density at radius 2 is 1.62 bits per heavy atom. The fourth-order valence-electron chi connectivity index (χ4n) is 1.66. The van der Waals surface area contributed by atoms with Crippen molar-refractivity contribution in [1.29, 1.82) is 0 Å². The van der Waals surface area contributed by atoms with Crippen molar-refractivity contribution in [3.8, 4) is 0 Å². The average Bonchev–Trinajstić information content (AvgIpc) is 2.08. The number of hydrogen-bond acceptors (Lipinski definition) is 2. The second-order valence-electron chi connectivity index (χ2n) is 6.31. The van der Waals surface area contributed by atoms with Crippen LogP contribution in [0.25, 0.3) is 0 Å². The van der Waals surface area contributed by atoms with Crippen LogP contribution in [0.15, 0.2) is 0 Å². The lowest BCUT2D eigenvalue weighted by Gasteiger charge is -2.25. The van der Waals surface area contributed by atoms with E-state index in [9.17, 15) is 4.79 Å². The predicted octanol–water partition coefficient (Wildman–Crippen LogP) is 3.69. The molecule has 0 aliphatic heterocycles. The zero-order valence-electron chi connectivity index (χ0n) is 12.0. The largest absolute Gasteiger partial charge is 0.375 e. The van der Waals surface area contributed by atoms with Gasteiger partial charge in [0.05, 0.1) is 12.2 Å². The number of carbonyl (C=O) groups excluding carboxylic acids is 1. The van der Waals surface area contributed by atoms with E-state index in [-0.39, 0.29) is 17.4 Å². The van der Waals surface area contributed by atoms with E-state index in [1.165, 1.54) is 0 Å². The second-order valence-corrected chi connectivity index (χ2v) is 6.31. The Balaban J connectivity index is 4.38. The molecule has 0 bridgehead atoms. The molecule has 2 heteroatoms. The molecular formula is C14H28O2. The summed E-state index contributed by atoms with van der Waals surface area (Å²) >= 11 is 0. The van der Waals surface area contributed by atoms with Gasteiger partial charge in [-0.25, -0.2) is 0 Å². The van der Waals surface area contributed by atoms with Crippen molar-refractivity contribution in [3.05, 3.63) is 0 Å². The van der Waals surface area contributed by atoms with Crippen LogP contribution in [-0.4, -0.2) is 18.0 Å². The van der Waals surface area contributed by atoms with E-state index >= 15 is 0 Å². The monoisotopic (exact) mass is 228 g/mol. The Kier molecular flexibility index (Phi) is 6.24. The van der Waals surface area contributed by atoms with Crippen molar-refractivity contribution in [2.45, 2.75) is 60.5 Å². The van der Waals surface area contributed by atoms with Crippen LogP contribution in [0.4, 0.5) is 0 Å². The van der Waals surface area contributed by atoms with E-state index in [0.29, 0.717) is 18.3 Å². The normalized spacial score (nSPS) is 14.6. The molecule has 0 fully saturated rings. The standard InChI is InChI=1S/C14H28O2/c1-10(2)8-12(13(15)11(3)4)9-16-14(5,6)7/h10-12H,8-9H2,1-7H3/t12-/m1/s1. The molecule has 0 N–H and O–H groups in total. The predicted molar refractivity (Wildman–Crippen MR) is 68.5 cm³/mol. The summed E-state index contributed by atoms with van der Waals surface area (Å²) < 4.78 is 5.74. The van der Waals surface area contributed by atoms with E-state index in [2.05, 4.69) is 13.8 Å². The highest BCUT2D eigenvalue weighted by atomic mass is 16.5. The first-order valence-corrected chi connectivity index (χ1v) is 6.31. The highest BCUT2D eigenvalue weighted by Gasteiger charge is 2.24.